The summed E-state index contributed by atoms with van der Waals surface area (Å²) in [7, 11) is 0. The van der Waals surface area contributed by atoms with Crippen molar-refractivity contribution in [3.8, 4) is 50.3 Å². The largest absolute Gasteiger partial charge is 0.461 e. The summed E-state index contributed by atoms with van der Waals surface area (Å²) in [6, 6.07) is 27.1. The number of hydrogen-bond donors (Lipinski definition) is 6. The summed E-state index contributed by atoms with van der Waals surface area (Å²) in [5.41, 5.74) is 12.5. The van der Waals surface area contributed by atoms with E-state index in [4.69, 9.17) is 19.4 Å². The molecule has 1 saturated heterocycles. The van der Waals surface area contributed by atoms with Gasteiger partial charge in [0.2, 0.25) is 6.29 Å². The third-order valence-corrected chi connectivity index (χ3v) is 10.9. The van der Waals surface area contributed by atoms with Crippen LogP contribution in [0.5, 0.6) is 5.75 Å². The lowest BCUT2D eigenvalue weighted by Crippen LogP contribution is -2.60. The molecule has 0 saturated carbocycles. The molecule has 13 heteroatoms. The second-order valence-corrected chi connectivity index (χ2v) is 14.5. The number of aromatic nitrogens is 7. The highest BCUT2D eigenvalue weighted by Crippen LogP contribution is 2.41. The van der Waals surface area contributed by atoms with Gasteiger partial charge in [0.25, 0.3) is 0 Å². The number of aromatic amines is 2. The first-order valence-corrected chi connectivity index (χ1v) is 19.4. The van der Waals surface area contributed by atoms with Crippen LogP contribution in [0.1, 0.15) is 22.8 Å². The van der Waals surface area contributed by atoms with Gasteiger partial charge < -0.3 is 39.9 Å². The van der Waals surface area contributed by atoms with Crippen LogP contribution in [0, 0.1) is 0 Å². The molecule has 3 aliphatic heterocycles. The van der Waals surface area contributed by atoms with Crippen molar-refractivity contribution in [3.05, 3.63) is 145 Å². The molecule has 5 atom stereocenters. The lowest BCUT2D eigenvalue weighted by Gasteiger charge is -2.39. The molecule has 6 aromatic heterocycles. The molecular weight excluding hydrogens is 759 g/mol. The maximum absolute atomic E-state index is 11.0. The van der Waals surface area contributed by atoms with E-state index in [2.05, 4.69) is 31.0 Å². The highest BCUT2D eigenvalue weighted by Gasteiger charge is 2.45. The molecule has 1 fully saturated rings. The molecule has 9 heterocycles. The monoisotopic (exact) mass is 795 g/mol. The number of pyridine rings is 3. The van der Waals surface area contributed by atoms with Gasteiger partial charge in [-0.3, -0.25) is 15.0 Å². The average molecular weight is 796 g/mol. The number of benzene rings is 1. The van der Waals surface area contributed by atoms with Gasteiger partial charge in [0, 0.05) is 87.1 Å². The Balaban J connectivity index is 1.30. The molecule has 60 heavy (non-hydrogen) atoms. The summed E-state index contributed by atoms with van der Waals surface area (Å²) < 4.78 is 12.1. The van der Waals surface area contributed by atoms with Crippen molar-refractivity contribution in [2.75, 3.05) is 6.61 Å². The van der Waals surface area contributed by atoms with Gasteiger partial charge in [-0.15, -0.1) is 0 Å². The van der Waals surface area contributed by atoms with E-state index in [-0.39, 0.29) is 0 Å². The summed E-state index contributed by atoms with van der Waals surface area (Å²) in [5.74, 6) is 0.305. The SMILES string of the molecule is OC[C@H]1O[C@@H](Oc2ccccc2-c2c3nc(c(-c4ccncc4)c4ccc([nH]4)c(-c4ccncc4)c4nc(c(-c5ccncc5)c5ccc2[nH]5)C=C4)C=C3)[C@H](O)[C@@H](O)[C@@H]1O. The maximum atomic E-state index is 11.0. The third-order valence-electron chi connectivity index (χ3n) is 10.9. The van der Waals surface area contributed by atoms with Crippen LogP contribution in [0.2, 0.25) is 0 Å². The number of ether oxygens (including phenoxy) is 2. The molecule has 0 aliphatic carbocycles. The van der Waals surface area contributed by atoms with Crippen LogP contribution in [-0.4, -0.2) is 92.6 Å². The zero-order chi connectivity index (χ0) is 40.7. The molecule has 7 aromatic rings. The van der Waals surface area contributed by atoms with E-state index in [9.17, 15) is 20.4 Å². The summed E-state index contributed by atoms with van der Waals surface area (Å²) >= 11 is 0. The van der Waals surface area contributed by atoms with Gasteiger partial charge in [-0.05, 0) is 108 Å². The van der Waals surface area contributed by atoms with Gasteiger partial charge in [-0.25, -0.2) is 9.97 Å². The first-order chi connectivity index (χ1) is 29.4. The predicted molar refractivity (Wildman–Crippen MR) is 228 cm³/mol. The first kappa shape index (κ1) is 37.2. The van der Waals surface area contributed by atoms with Crippen LogP contribution < -0.4 is 4.74 Å². The Morgan fingerprint density at radius 2 is 0.917 bits per heavy atom. The normalized spacial score (nSPS) is 19.7. The number of rotatable bonds is 7. The van der Waals surface area contributed by atoms with E-state index in [0.717, 1.165) is 61.3 Å². The molecular formula is C47H37N7O6. The maximum Gasteiger partial charge on any atom is 0.229 e. The van der Waals surface area contributed by atoms with Crippen molar-refractivity contribution >= 4 is 46.4 Å². The van der Waals surface area contributed by atoms with Crippen molar-refractivity contribution in [1.29, 1.82) is 0 Å². The fourth-order valence-electron chi connectivity index (χ4n) is 8.02. The number of fused-ring (bicyclic) bond motifs is 8. The number of H-pyrrole nitrogens is 2. The van der Waals surface area contributed by atoms with Crippen molar-refractivity contribution in [2.45, 2.75) is 30.7 Å². The number of aliphatic hydroxyl groups excluding tert-OH is 4. The molecule has 1 aromatic carbocycles. The zero-order valence-corrected chi connectivity index (χ0v) is 31.8. The van der Waals surface area contributed by atoms with E-state index in [1.165, 1.54) is 0 Å². The second kappa shape index (κ2) is 15.6. The minimum atomic E-state index is -1.62. The van der Waals surface area contributed by atoms with Gasteiger partial charge in [0.1, 0.15) is 30.2 Å². The summed E-state index contributed by atoms with van der Waals surface area (Å²) in [4.78, 5) is 30.9. The average Bonchev–Trinajstić information content (AvgIpc) is 4.14. The van der Waals surface area contributed by atoms with Crippen molar-refractivity contribution in [1.82, 2.24) is 34.9 Å². The fourth-order valence-corrected chi connectivity index (χ4v) is 8.02. The quantitative estimate of drug-likeness (QED) is 0.101. The van der Waals surface area contributed by atoms with E-state index in [0.29, 0.717) is 33.8 Å². The Labute approximate surface area is 342 Å². The summed E-state index contributed by atoms with van der Waals surface area (Å²) in [6.45, 7) is -0.590. The van der Waals surface area contributed by atoms with Crippen LogP contribution in [0.4, 0.5) is 0 Å². The lowest BCUT2D eigenvalue weighted by atomic mass is 9.99. The van der Waals surface area contributed by atoms with Crippen LogP contribution in [-0.2, 0) is 4.74 Å². The third kappa shape index (κ3) is 6.66. The molecule has 3 aliphatic rings. The Kier molecular flexibility index (Phi) is 9.64. The van der Waals surface area contributed by atoms with E-state index in [1.807, 2.05) is 91.0 Å². The minimum Gasteiger partial charge on any atom is -0.461 e. The van der Waals surface area contributed by atoms with E-state index < -0.39 is 37.3 Å². The van der Waals surface area contributed by atoms with Crippen LogP contribution >= 0.6 is 0 Å². The number of nitrogens with one attached hydrogen (secondary N) is 2. The van der Waals surface area contributed by atoms with Crippen LogP contribution in [0.25, 0.3) is 90.9 Å². The van der Waals surface area contributed by atoms with Gasteiger partial charge in [0.15, 0.2) is 0 Å². The number of para-hydroxylation sites is 1. The van der Waals surface area contributed by atoms with Crippen molar-refractivity contribution in [3.63, 3.8) is 0 Å². The molecule has 0 amide bonds. The standard InChI is InChI=1S/C47H37N7O6/c55-25-39-44(56)45(57)46(58)47(60-39)59-38-4-2-1-3-29(38)43-36-11-9-34(53-36)41(27-15-21-49-22-16-27)32-7-5-30(51-32)40(26-13-19-48-20-14-26)31-6-8-33(52-31)42(28-17-23-50-24-18-28)35-10-12-37(43)54-35/h1-24,39,44-47,51,54-58H,25H2/t39-,44-,45+,46-,47-/m1/s1. The van der Waals surface area contributed by atoms with Gasteiger partial charge in [-0.2, -0.15) is 0 Å². The topological polar surface area (TPSA) is 195 Å². The Morgan fingerprint density at radius 3 is 1.37 bits per heavy atom. The highest BCUT2D eigenvalue weighted by molar-refractivity contribution is 6.00. The Morgan fingerprint density at radius 1 is 0.500 bits per heavy atom. The molecule has 0 radical (unpaired) electrons. The molecule has 8 bridgehead atoms. The van der Waals surface area contributed by atoms with E-state index >= 15 is 0 Å². The first-order valence-electron chi connectivity index (χ1n) is 19.4. The lowest BCUT2D eigenvalue weighted by molar-refractivity contribution is -0.277. The molecule has 10 rings (SSSR count). The Hall–Kier alpha value is -7.13. The summed E-state index contributed by atoms with van der Waals surface area (Å²) in [6.07, 6.45) is 11.2. The summed E-state index contributed by atoms with van der Waals surface area (Å²) in [5, 5.41) is 42.0. The highest BCUT2D eigenvalue weighted by atomic mass is 16.7. The number of hydrogen-bond acceptors (Lipinski definition) is 11. The molecule has 0 unspecified atom stereocenters. The number of aliphatic hydroxyl groups is 4. The fraction of sp³-hybridized carbons (Fsp3) is 0.128. The van der Waals surface area contributed by atoms with Crippen LogP contribution in [0.3, 0.4) is 0 Å². The van der Waals surface area contributed by atoms with Crippen molar-refractivity contribution < 1.29 is 29.9 Å². The van der Waals surface area contributed by atoms with Crippen molar-refractivity contribution in [2.24, 2.45) is 0 Å². The molecule has 296 valence electrons. The molecule has 13 nitrogen and oxygen atoms in total. The van der Waals surface area contributed by atoms with Crippen LogP contribution in [0.15, 0.2) is 122 Å². The van der Waals surface area contributed by atoms with E-state index in [1.54, 1.807) is 49.3 Å². The number of nitrogens with zero attached hydrogens (tertiary/aromatic N) is 5. The predicted octanol–water partition coefficient (Wildman–Crippen LogP) is 6.69. The Bertz CT molecular complexity index is 2910. The van der Waals surface area contributed by atoms with Gasteiger partial charge in [0.05, 0.1) is 29.4 Å². The molecule has 6 N–H and O–H groups in total. The van der Waals surface area contributed by atoms with Gasteiger partial charge in [-0.1, -0.05) is 18.2 Å². The van der Waals surface area contributed by atoms with Gasteiger partial charge >= 0.3 is 0 Å². The minimum absolute atomic E-state index is 0.305. The smallest absolute Gasteiger partial charge is 0.229 e. The second-order valence-electron chi connectivity index (χ2n) is 14.5. The molecule has 0 spiro atoms. The zero-order valence-electron chi connectivity index (χ0n) is 31.8.